The van der Waals surface area contributed by atoms with Crippen molar-refractivity contribution in [2.24, 2.45) is 17.1 Å². The van der Waals surface area contributed by atoms with Gasteiger partial charge in [0, 0.05) is 6.54 Å². The van der Waals surface area contributed by atoms with Crippen molar-refractivity contribution in [2.75, 3.05) is 13.7 Å². The molecule has 3 nitrogen and oxygen atoms in total. The lowest BCUT2D eigenvalue weighted by atomic mass is 9.63. The molecule has 0 aromatic carbocycles. The first-order chi connectivity index (χ1) is 6.59. The van der Waals surface area contributed by atoms with Crippen LogP contribution in [-0.4, -0.2) is 25.8 Å². The van der Waals surface area contributed by atoms with Gasteiger partial charge in [-0.05, 0) is 25.7 Å². The second-order valence-electron chi connectivity index (χ2n) is 3.98. The second-order valence-corrected chi connectivity index (χ2v) is 3.98. The normalized spacial score (nSPS) is 23.4. The van der Waals surface area contributed by atoms with E-state index in [0.29, 0.717) is 0 Å². The summed E-state index contributed by atoms with van der Waals surface area (Å²) in [4.78, 5) is 11.6. The van der Waals surface area contributed by atoms with E-state index in [9.17, 15) is 9.18 Å². The third-order valence-electron chi connectivity index (χ3n) is 3.45. The number of halogens is 1. The summed E-state index contributed by atoms with van der Waals surface area (Å²) in [7, 11) is 1.29. The Morgan fingerprint density at radius 3 is 2.50 bits per heavy atom. The molecule has 0 saturated heterocycles. The van der Waals surface area contributed by atoms with E-state index >= 15 is 0 Å². The zero-order valence-electron chi connectivity index (χ0n) is 8.75. The largest absolute Gasteiger partial charge is 0.468 e. The third kappa shape index (κ3) is 1.52. The number of nitrogens with two attached hydrogens (primary N) is 1. The van der Waals surface area contributed by atoms with Crippen LogP contribution in [0.4, 0.5) is 4.39 Å². The van der Waals surface area contributed by atoms with Gasteiger partial charge in [-0.25, -0.2) is 4.39 Å². The van der Waals surface area contributed by atoms with Crippen molar-refractivity contribution in [2.45, 2.75) is 32.4 Å². The summed E-state index contributed by atoms with van der Waals surface area (Å²) in [5, 5.41) is 0. The van der Waals surface area contributed by atoms with E-state index in [1.807, 2.05) is 0 Å². The second kappa shape index (κ2) is 4.26. The summed E-state index contributed by atoms with van der Waals surface area (Å²) in [5.74, 6) is -0.445. The van der Waals surface area contributed by atoms with Gasteiger partial charge in [0.2, 0.25) is 0 Å². The van der Waals surface area contributed by atoms with Crippen LogP contribution < -0.4 is 5.73 Å². The predicted octanol–water partition coefficient (Wildman–Crippen LogP) is 1.26. The van der Waals surface area contributed by atoms with Crippen molar-refractivity contribution < 1.29 is 13.9 Å². The molecular formula is C10H18FNO2. The number of rotatable bonds is 4. The first-order valence-corrected chi connectivity index (χ1v) is 5.02. The molecule has 0 radical (unpaired) electrons. The van der Waals surface area contributed by atoms with Gasteiger partial charge < -0.3 is 10.5 Å². The smallest absolute Gasteiger partial charge is 0.316 e. The van der Waals surface area contributed by atoms with Crippen molar-refractivity contribution in [3.8, 4) is 0 Å². The molecule has 2 N–H and O–H groups in total. The highest BCUT2D eigenvalue weighted by Crippen LogP contribution is 2.45. The molecule has 1 rings (SSSR count). The Kier molecular flexibility index (Phi) is 3.48. The maximum atomic E-state index is 13.5. The number of carbonyl (C=O) groups excluding carboxylic acids is 1. The van der Waals surface area contributed by atoms with Gasteiger partial charge in [0.1, 0.15) is 11.6 Å². The van der Waals surface area contributed by atoms with Gasteiger partial charge in [0.15, 0.2) is 0 Å². The van der Waals surface area contributed by atoms with Crippen molar-refractivity contribution in [3.63, 3.8) is 0 Å². The van der Waals surface area contributed by atoms with E-state index in [-0.39, 0.29) is 12.5 Å². The highest BCUT2D eigenvalue weighted by atomic mass is 19.1. The number of carbonyl (C=O) groups is 1. The van der Waals surface area contributed by atoms with Crippen LogP contribution >= 0.6 is 0 Å². The van der Waals surface area contributed by atoms with Crippen LogP contribution in [0.3, 0.4) is 0 Å². The number of hydrogen-bond donors (Lipinski definition) is 1. The zero-order valence-corrected chi connectivity index (χ0v) is 8.75. The maximum absolute atomic E-state index is 13.5. The zero-order chi connectivity index (χ0) is 10.8. The van der Waals surface area contributed by atoms with E-state index < -0.39 is 17.6 Å². The molecule has 4 heteroatoms. The summed E-state index contributed by atoms with van der Waals surface area (Å²) < 4.78 is 18.2. The van der Waals surface area contributed by atoms with Gasteiger partial charge in [0.05, 0.1) is 7.11 Å². The van der Waals surface area contributed by atoms with E-state index in [2.05, 4.69) is 4.74 Å². The van der Waals surface area contributed by atoms with Gasteiger partial charge in [-0.2, -0.15) is 0 Å². The number of alkyl halides is 1. The standard InChI is InChI=1S/C10H18FNO2/c1-7(11)10(6-12,9(13)14-2)8-4-3-5-8/h7-8H,3-6,12H2,1-2H3. The Balaban J connectivity index is 2.90. The van der Waals surface area contributed by atoms with Crippen LogP contribution in [-0.2, 0) is 9.53 Å². The Morgan fingerprint density at radius 1 is 1.71 bits per heavy atom. The van der Waals surface area contributed by atoms with Crippen LogP contribution in [0, 0.1) is 11.3 Å². The molecule has 1 saturated carbocycles. The molecule has 1 aliphatic carbocycles. The van der Waals surface area contributed by atoms with Crippen LogP contribution in [0.15, 0.2) is 0 Å². The molecule has 0 spiro atoms. The molecule has 0 aliphatic heterocycles. The molecule has 0 heterocycles. The Morgan fingerprint density at radius 2 is 2.29 bits per heavy atom. The number of methoxy groups -OCH3 is 1. The molecule has 2 atom stereocenters. The molecule has 2 unspecified atom stereocenters. The Labute approximate surface area is 83.8 Å². The van der Waals surface area contributed by atoms with Gasteiger partial charge in [-0.15, -0.1) is 0 Å². The van der Waals surface area contributed by atoms with Crippen LogP contribution in [0.2, 0.25) is 0 Å². The average Bonchev–Trinajstić information content (AvgIpc) is 2.09. The average molecular weight is 203 g/mol. The minimum absolute atomic E-state index is 0.0298. The van der Waals surface area contributed by atoms with Gasteiger partial charge in [-0.1, -0.05) is 6.42 Å². The lowest BCUT2D eigenvalue weighted by Crippen LogP contribution is -2.53. The highest BCUT2D eigenvalue weighted by Gasteiger charge is 2.52. The van der Waals surface area contributed by atoms with E-state index in [1.165, 1.54) is 14.0 Å². The van der Waals surface area contributed by atoms with Crippen LogP contribution in [0.5, 0.6) is 0 Å². The van der Waals surface area contributed by atoms with Gasteiger partial charge >= 0.3 is 5.97 Å². The van der Waals surface area contributed by atoms with Crippen molar-refractivity contribution in [1.29, 1.82) is 0 Å². The summed E-state index contributed by atoms with van der Waals surface area (Å²) in [6.07, 6.45) is 1.56. The maximum Gasteiger partial charge on any atom is 0.316 e. The molecule has 0 aromatic heterocycles. The third-order valence-corrected chi connectivity index (χ3v) is 3.45. The first-order valence-electron chi connectivity index (χ1n) is 5.02. The van der Waals surface area contributed by atoms with Crippen molar-refractivity contribution in [3.05, 3.63) is 0 Å². The highest BCUT2D eigenvalue weighted by molar-refractivity contribution is 5.78. The summed E-state index contributed by atoms with van der Waals surface area (Å²) in [6.45, 7) is 1.42. The fourth-order valence-electron chi connectivity index (χ4n) is 2.18. The topological polar surface area (TPSA) is 52.3 Å². The fourth-order valence-corrected chi connectivity index (χ4v) is 2.18. The summed E-state index contributed by atoms with van der Waals surface area (Å²) >= 11 is 0. The molecule has 14 heavy (non-hydrogen) atoms. The van der Waals surface area contributed by atoms with Gasteiger partial charge in [-0.3, -0.25) is 4.79 Å². The Bertz CT molecular complexity index is 216. The molecule has 0 bridgehead atoms. The van der Waals surface area contributed by atoms with E-state index in [1.54, 1.807) is 0 Å². The Hall–Kier alpha value is -0.640. The minimum atomic E-state index is -1.25. The predicted molar refractivity (Wildman–Crippen MR) is 51.4 cm³/mol. The van der Waals surface area contributed by atoms with Crippen LogP contribution in [0.25, 0.3) is 0 Å². The monoisotopic (exact) mass is 203 g/mol. The number of esters is 1. The van der Waals surface area contributed by atoms with Crippen molar-refractivity contribution >= 4 is 5.97 Å². The molecule has 82 valence electrons. The van der Waals surface area contributed by atoms with Crippen molar-refractivity contribution in [1.82, 2.24) is 0 Å². The molecule has 1 aliphatic rings. The SMILES string of the molecule is COC(=O)C(CN)(C(C)F)C1CCC1. The quantitative estimate of drug-likeness (QED) is 0.700. The van der Waals surface area contributed by atoms with E-state index in [0.717, 1.165) is 19.3 Å². The summed E-state index contributed by atoms with van der Waals surface area (Å²) in [6, 6.07) is 0. The fraction of sp³-hybridized carbons (Fsp3) is 0.900. The first kappa shape index (κ1) is 11.4. The minimum Gasteiger partial charge on any atom is -0.468 e. The number of ether oxygens (including phenoxy) is 1. The molecular weight excluding hydrogens is 185 g/mol. The lowest BCUT2D eigenvalue weighted by molar-refractivity contribution is -0.163. The van der Waals surface area contributed by atoms with Crippen LogP contribution in [0.1, 0.15) is 26.2 Å². The van der Waals surface area contributed by atoms with Gasteiger partial charge in [0.25, 0.3) is 0 Å². The lowest BCUT2D eigenvalue weighted by Gasteiger charge is -2.43. The molecule has 0 amide bonds. The molecule has 1 fully saturated rings. The molecule has 0 aromatic rings. The summed E-state index contributed by atoms with van der Waals surface area (Å²) in [5.41, 5.74) is 4.45. The van der Waals surface area contributed by atoms with E-state index in [4.69, 9.17) is 5.73 Å². The number of hydrogen-bond acceptors (Lipinski definition) is 3.